The minimum Gasteiger partial charge on any atom is -0.466 e. The number of hydrogen-bond donors (Lipinski definition) is 1. The molecule has 29 heavy (non-hydrogen) atoms. The molecular formula is C21H26N2O5S. The first kappa shape index (κ1) is 20.1. The number of amides is 1. The van der Waals surface area contributed by atoms with Gasteiger partial charge in [-0.15, -0.1) is 0 Å². The number of nitrogens with one attached hydrogen (secondary N) is 1. The van der Waals surface area contributed by atoms with Crippen molar-refractivity contribution in [2.24, 2.45) is 5.92 Å². The SMILES string of the molecule is CCOC(=O)C1CCCN(S(=O)(=O)c2ccc3c(c2)C(=C2CCCC2)C(=O)N3)C1. The molecule has 156 valence electrons. The van der Waals surface area contributed by atoms with Crippen molar-refractivity contribution in [3.63, 3.8) is 0 Å². The normalized spacial score (nSPS) is 22.5. The van der Waals surface area contributed by atoms with Gasteiger partial charge in [0.1, 0.15) is 0 Å². The lowest BCUT2D eigenvalue weighted by Gasteiger charge is -2.30. The van der Waals surface area contributed by atoms with E-state index in [0.717, 1.165) is 31.3 Å². The number of esters is 1. The number of benzene rings is 1. The first-order chi connectivity index (χ1) is 13.9. The Kier molecular flexibility index (Phi) is 5.48. The monoisotopic (exact) mass is 418 g/mol. The molecule has 2 heterocycles. The smallest absolute Gasteiger partial charge is 0.310 e. The molecule has 1 aromatic carbocycles. The van der Waals surface area contributed by atoms with Crippen LogP contribution in [0.2, 0.25) is 0 Å². The van der Waals surface area contributed by atoms with Crippen molar-refractivity contribution in [1.29, 1.82) is 0 Å². The summed E-state index contributed by atoms with van der Waals surface area (Å²) in [5, 5.41) is 2.85. The van der Waals surface area contributed by atoms with Gasteiger partial charge in [-0.1, -0.05) is 5.57 Å². The number of fused-ring (bicyclic) bond motifs is 1. The minimum absolute atomic E-state index is 0.128. The Labute approximate surface area is 171 Å². The summed E-state index contributed by atoms with van der Waals surface area (Å²) >= 11 is 0. The molecule has 0 aromatic heterocycles. The van der Waals surface area contributed by atoms with E-state index in [4.69, 9.17) is 4.74 Å². The van der Waals surface area contributed by atoms with Gasteiger partial charge in [-0.05, 0) is 63.6 Å². The van der Waals surface area contributed by atoms with Crippen molar-refractivity contribution < 1.29 is 22.7 Å². The zero-order valence-corrected chi connectivity index (χ0v) is 17.4. The fraction of sp³-hybridized carbons (Fsp3) is 0.524. The van der Waals surface area contributed by atoms with Crippen LogP contribution in [0.15, 0.2) is 28.7 Å². The largest absolute Gasteiger partial charge is 0.466 e. The van der Waals surface area contributed by atoms with Gasteiger partial charge in [0.25, 0.3) is 5.91 Å². The molecule has 2 aliphatic heterocycles. The molecular weight excluding hydrogens is 392 g/mol. The van der Waals surface area contributed by atoms with E-state index < -0.39 is 15.9 Å². The van der Waals surface area contributed by atoms with Crippen LogP contribution < -0.4 is 5.32 Å². The van der Waals surface area contributed by atoms with Gasteiger partial charge in [-0.3, -0.25) is 9.59 Å². The van der Waals surface area contributed by atoms with Crippen LogP contribution in [0, 0.1) is 5.92 Å². The Morgan fingerprint density at radius 2 is 2.00 bits per heavy atom. The van der Waals surface area contributed by atoms with Crippen molar-refractivity contribution in [3.05, 3.63) is 29.3 Å². The third-order valence-electron chi connectivity index (χ3n) is 5.94. The lowest BCUT2D eigenvalue weighted by atomic mass is 10.00. The Hall–Kier alpha value is -2.19. The van der Waals surface area contributed by atoms with Crippen LogP contribution in [0.5, 0.6) is 0 Å². The Morgan fingerprint density at radius 3 is 2.72 bits per heavy atom. The van der Waals surface area contributed by atoms with Gasteiger partial charge in [0.15, 0.2) is 0 Å². The molecule has 1 aliphatic carbocycles. The molecule has 7 nitrogen and oxygen atoms in total. The highest BCUT2D eigenvalue weighted by atomic mass is 32.2. The van der Waals surface area contributed by atoms with Crippen LogP contribution in [0.4, 0.5) is 5.69 Å². The third kappa shape index (κ3) is 3.71. The molecule has 0 spiro atoms. The van der Waals surface area contributed by atoms with Gasteiger partial charge in [-0.2, -0.15) is 4.31 Å². The number of ether oxygens (including phenoxy) is 1. The Balaban J connectivity index is 1.64. The number of anilines is 1. The van der Waals surface area contributed by atoms with Crippen molar-refractivity contribution >= 4 is 33.2 Å². The van der Waals surface area contributed by atoms with Crippen LogP contribution >= 0.6 is 0 Å². The van der Waals surface area contributed by atoms with Crippen molar-refractivity contribution in [2.45, 2.75) is 50.3 Å². The molecule has 1 saturated carbocycles. The standard InChI is InChI=1S/C21H26N2O5S/c1-2-28-21(25)15-8-5-11-23(13-15)29(26,27)16-9-10-18-17(12-16)19(20(24)22-18)14-6-3-4-7-14/h9-10,12,15H,2-8,11,13H2,1H3,(H,22,24). The number of nitrogens with zero attached hydrogens (tertiary/aromatic N) is 1. The number of rotatable bonds is 4. The van der Waals surface area contributed by atoms with E-state index in [2.05, 4.69) is 5.32 Å². The van der Waals surface area contributed by atoms with E-state index in [0.29, 0.717) is 36.2 Å². The summed E-state index contributed by atoms with van der Waals surface area (Å²) in [5.41, 5.74) is 3.08. The van der Waals surface area contributed by atoms with Gasteiger partial charge >= 0.3 is 5.97 Å². The third-order valence-corrected chi connectivity index (χ3v) is 7.80. The van der Waals surface area contributed by atoms with Crippen LogP contribution in [-0.2, 0) is 24.3 Å². The lowest BCUT2D eigenvalue weighted by Crippen LogP contribution is -2.42. The number of carbonyl (C=O) groups excluding carboxylic acids is 2. The second-order valence-electron chi connectivity index (χ2n) is 7.80. The molecule has 1 atom stereocenters. The fourth-order valence-electron chi connectivity index (χ4n) is 4.47. The van der Waals surface area contributed by atoms with E-state index in [1.54, 1.807) is 19.1 Å². The fourth-order valence-corrected chi connectivity index (χ4v) is 6.02. The van der Waals surface area contributed by atoms with Gasteiger partial charge < -0.3 is 10.1 Å². The molecule has 8 heteroatoms. The van der Waals surface area contributed by atoms with Crippen LogP contribution in [0.25, 0.3) is 5.57 Å². The average molecular weight is 419 g/mol. The highest BCUT2D eigenvalue weighted by Gasteiger charge is 2.36. The van der Waals surface area contributed by atoms with E-state index >= 15 is 0 Å². The molecule has 0 bridgehead atoms. The van der Waals surface area contributed by atoms with Gasteiger partial charge in [0.05, 0.1) is 17.4 Å². The van der Waals surface area contributed by atoms with Gasteiger partial charge in [0.2, 0.25) is 10.0 Å². The molecule has 1 amide bonds. The van der Waals surface area contributed by atoms with Crippen molar-refractivity contribution in [1.82, 2.24) is 4.31 Å². The number of allylic oxidation sites excluding steroid dienone is 1. The quantitative estimate of drug-likeness (QED) is 0.599. The lowest BCUT2D eigenvalue weighted by molar-refractivity contribution is -0.149. The average Bonchev–Trinajstić information content (AvgIpc) is 3.34. The Bertz CT molecular complexity index is 975. The molecule has 3 aliphatic rings. The summed E-state index contributed by atoms with van der Waals surface area (Å²) < 4.78 is 33.0. The second-order valence-corrected chi connectivity index (χ2v) is 9.74. The molecule has 4 rings (SSSR count). The minimum atomic E-state index is -3.77. The number of piperidine rings is 1. The molecule has 2 fully saturated rings. The second kappa shape index (κ2) is 7.91. The first-order valence-electron chi connectivity index (χ1n) is 10.3. The highest BCUT2D eigenvalue weighted by Crippen LogP contribution is 2.40. The summed E-state index contributed by atoms with van der Waals surface area (Å²) in [6.45, 7) is 2.53. The van der Waals surface area contributed by atoms with Crippen molar-refractivity contribution in [2.75, 3.05) is 25.0 Å². The molecule has 0 radical (unpaired) electrons. The van der Waals surface area contributed by atoms with Crippen LogP contribution in [-0.4, -0.2) is 44.3 Å². The molecule has 1 saturated heterocycles. The summed E-state index contributed by atoms with van der Waals surface area (Å²) in [7, 11) is -3.77. The number of carbonyl (C=O) groups is 2. The maximum Gasteiger partial charge on any atom is 0.310 e. The summed E-state index contributed by atoms with van der Waals surface area (Å²) in [5.74, 6) is -0.927. The zero-order valence-electron chi connectivity index (χ0n) is 16.6. The van der Waals surface area contributed by atoms with E-state index in [1.165, 1.54) is 10.4 Å². The summed E-state index contributed by atoms with van der Waals surface area (Å²) in [6, 6.07) is 4.80. The first-order valence-corrected chi connectivity index (χ1v) is 11.7. The highest BCUT2D eigenvalue weighted by molar-refractivity contribution is 7.89. The number of hydrogen-bond acceptors (Lipinski definition) is 5. The van der Waals surface area contributed by atoms with Gasteiger partial charge in [-0.25, -0.2) is 8.42 Å². The van der Waals surface area contributed by atoms with Crippen LogP contribution in [0.1, 0.15) is 51.0 Å². The van der Waals surface area contributed by atoms with Crippen LogP contribution in [0.3, 0.4) is 0 Å². The van der Waals surface area contributed by atoms with E-state index in [9.17, 15) is 18.0 Å². The summed E-state index contributed by atoms with van der Waals surface area (Å²) in [6.07, 6.45) is 5.12. The predicted molar refractivity (Wildman–Crippen MR) is 109 cm³/mol. The van der Waals surface area contributed by atoms with E-state index in [-0.39, 0.29) is 29.9 Å². The predicted octanol–water partition coefficient (Wildman–Crippen LogP) is 2.93. The maximum atomic E-state index is 13.3. The maximum absolute atomic E-state index is 13.3. The zero-order chi connectivity index (χ0) is 20.6. The van der Waals surface area contributed by atoms with E-state index in [1.807, 2.05) is 0 Å². The molecule has 1 aromatic rings. The summed E-state index contributed by atoms with van der Waals surface area (Å²) in [4.78, 5) is 24.7. The molecule has 1 N–H and O–H groups in total. The number of sulfonamides is 1. The Morgan fingerprint density at radius 1 is 1.24 bits per heavy atom. The van der Waals surface area contributed by atoms with Crippen molar-refractivity contribution in [3.8, 4) is 0 Å². The van der Waals surface area contributed by atoms with Gasteiger partial charge in [0, 0.05) is 29.9 Å². The topological polar surface area (TPSA) is 92.8 Å². The molecule has 1 unspecified atom stereocenters.